The molecule has 26 heavy (non-hydrogen) atoms. The number of anilines is 3. The number of Topliss-reactive ketones (excluding diaryl/α,β-unsaturated/α-hetero) is 1. The standard InChI is InChI=1S/C19H21N3O4/c1-12(2)10-19(24)21-16-7-5-15(6-8-16)20-17-9-4-14(13(3)23)11-18(17)22(25)26/h4-9,11-12,20H,10H2,1-3H3,(H,21,24). The number of amides is 1. The molecule has 0 saturated heterocycles. The van der Waals surface area contributed by atoms with Gasteiger partial charge >= 0.3 is 0 Å². The van der Waals surface area contributed by atoms with Gasteiger partial charge in [-0.05, 0) is 49.2 Å². The van der Waals surface area contributed by atoms with Gasteiger partial charge in [0, 0.05) is 29.4 Å². The number of hydrogen-bond donors (Lipinski definition) is 2. The highest BCUT2D eigenvalue weighted by molar-refractivity contribution is 5.96. The van der Waals surface area contributed by atoms with E-state index in [0.29, 0.717) is 17.8 Å². The summed E-state index contributed by atoms with van der Waals surface area (Å²) in [4.78, 5) is 33.9. The summed E-state index contributed by atoms with van der Waals surface area (Å²) in [5.74, 6) is -0.0215. The van der Waals surface area contributed by atoms with Crippen LogP contribution >= 0.6 is 0 Å². The summed E-state index contributed by atoms with van der Waals surface area (Å²) in [5.41, 5.74) is 1.68. The van der Waals surface area contributed by atoms with Crippen LogP contribution in [0.4, 0.5) is 22.7 Å². The number of ketones is 1. The van der Waals surface area contributed by atoms with Crippen LogP contribution in [0, 0.1) is 16.0 Å². The Hall–Kier alpha value is -3.22. The molecule has 0 bridgehead atoms. The Morgan fingerprint density at radius 1 is 1.08 bits per heavy atom. The topological polar surface area (TPSA) is 101 Å². The van der Waals surface area contributed by atoms with Gasteiger partial charge in [0.15, 0.2) is 5.78 Å². The summed E-state index contributed by atoms with van der Waals surface area (Å²) >= 11 is 0. The second kappa shape index (κ2) is 8.24. The van der Waals surface area contributed by atoms with Crippen LogP contribution in [-0.2, 0) is 4.79 Å². The molecule has 0 aliphatic heterocycles. The third kappa shape index (κ3) is 5.14. The van der Waals surface area contributed by atoms with E-state index in [1.807, 2.05) is 13.8 Å². The highest BCUT2D eigenvalue weighted by atomic mass is 16.6. The van der Waals surface area contributed by atoms with E-state index >= 15 is 0 Å². The molecule has 0 radical (unpaired) electrons. The third-order valence-corrected chi connectivity index (χ3v) is 3.64. The summed E-state index contributed by atoms with van der Waals surface area (Å²) in [7, 11) is 0. The number of nitrogens with zero attached hydrogens (tertiary/aromatic N) is 1. The molecule has 0 aliphatic carbocycles. The van der Waals surface area contributed by atoms with Crippen LogP contribution in [0.15, 0.2) is 42.5 Å². The number of nitrogens with one attached hydrogen (secondary N) is 2. The van der Waals surface area contributed by atoms with Crippen LogP contribution in [0.3, 0.4) is 0 Å². The van der Waals surface area contributed by atoms with Crippen molar-refractivity contribution in [3.8, 4) is 0 Å². The summed E-state index contributed by atoms with van der Waals surface area (Å²) < 4.78 is 0. The quantitative estimate of drug-likeness (QED) is 0.432. The van der Waals surface area contributed by atoms with Crippen LogP contribution in [-0.4, -0.2) is 16.6 Å². The molecule has 1 amide bonds. The predicted octanol–water partition coefficient (Wildman–Crippen LogP) is 4.53. The van der Waals surface area contributed by atoms with E-state index in [2.05, 4.69) is 10.6 Å². The van der Waals surface area contributed by atoms with Gasteiger partial charge in [-0.25, -0.2) is 0 Å². The third-order valence-electron chi connectivity index (χ3n) is 3.64. The zero-order valence-corrected chi connectivity index (χ0v) is 14.9. The number of carbonyl (C=O) groups is 2. The van der Waals surface area contributed by atoms with E-state index in [1.165, 1.54) is 25.1 Å². The molecule has 0 aromatic heterocycles. The molecule has 2 aromatic rings. The second-order valence-corrected chi connectivity index (χ2v) is 6.39. The Labute approximate surface area is 151 Å². The van der Waals surface area contributed by atoms with Gasteiger partial charge in [-0.3, -0.25) is 19.7 Å². The molecular formula is C19H21N3O4. The van der Waals surface area contributed by atoms with Gasteiger partial charge in [0.1, 0.15) is 5.69 Å². The zero-order valence-electron chi connectivity index (χ0n) is 14.9. The largest absolute Gasteiger partial charge is 0.350 e. The molecule has 2 aromatic carbocycles. The number of rotatable bonds is 7. The summed E-state index contributed by atoms with van der Waals surface area (Å²) in [6.07, 6.45) is 0.439. The first kappa shape index (κ1) is 19.1. The van der Waals surface area contributed by atoms with E-state index in [-0.39, 0.29) is 34.5 Å². The van der Waals surface area contributed by atoms with Gasteiger partial charge in [0.05, 0.1) is 4.92 Å². The number of carbonyl (C=O) groups excluding carboxylic acids is 2. The average Bonchev–Trinajstić information content (AvgIpc) is 2.55. The Balaban J connectivity index is 2.15. The highest BCUT2D eigenvalue weighted by Crippen LogP contribution is 2.29. The van der Waals surface area contributed by atoms with Crippen LogP contribution in [0.25, 0.3) is 0 Å². The maximum Gasteiger partial charge on any atom is 0.293 e. The first-order chi connectivity index (χ1) is 12.3. The first-order valence-electron chi connectivity index (χ1n) is 8.22. The fourth-order valence-electron chi connectivity index (χ4n) is 2.38. The molecule has 0 unspecified atom stereocenters. The van der Waals surface area contributed by atoms with E-state index in [9.17, 15) is 19.7 Å². The van der Waals surface area contributed by atoms with Crippen molar-refractivity contribution in [1.82, 2.24) is 0 Å². The monoisotopic (exact) mass is 355 g/mol. The Kier molecular flexibility index (Phi) is 6.06. The summed E-state index contributed by atoms with van der Waals surface area (Å²) in [5, 5.41) is 17.0. The van der Waals surface area contributed by atoms with Crippen molar-refractivity contribution in [2.45, 2.75) is 27.2 Å². The minimum absolute atomic E-state index is 0.0591. The Morgan fingerprint density at radius 2 is 1.69 bits per heavy atom. The number of benzene rings is 2. The van der Waals surface area contributed by atoms with E-state index in [1.54, 1.807) is 24.3 Å². The number of nitro benzene ring substituents is 1. The van der Waals surface area contributed by atoms with Crippen LogP contribution in [0.1, 0.15) is 37.6 Å². The normalized spacial score (nSPS) is 10.5. The lowest BCUT2D eigenvalue weighted by atomic mass is 10.1. The molecule has 136 valence electrons. The SMILES string of the molecule is CC(=O)c1ccc(Nc2ccc(NC(=O)CC(C)C)cc2)c([N+](=O)[O-])c1. The molecule has 2 rings (SSSR count). The van der Waals surface area contributed by atoms with Crippen LogP contribution < -0.4 is 10.6 Å². The Bertz CT molecular complexity index is 829. The maximum absolute atomic E-state index is 11.8. The van der Waals surface area contributed by atoms with Crippen molar-refractivity contribution in [1.29, 1.82) is 0 Å². The molecular weight excluding hydrogens is 334 g/mol. The molecule has 0 spiro atoms. The number of hydrogen-bond acceptors (Lipinski definition) is 5. The van der Waals surface area contributed by atoms with Gasteiger partial charge in [0.2, 0.25) is 5.91 Å². The van der Waals surface area contributed by atoms with Crippen LogP contribution in [0.5, 0.6) is 0 Å². The van der Waals surface area contributed by atoms with E-state index in [4.69, 9.17) is 0 Å². The molecule has 7 nitrogen and oxygen atoms in total. The maximum atomic E-state index is 11.8. The molecule has 0 heterocycles. The van der Waals surface area contributed by atoms with Gasteiger partial charge in [-0.2, -0.15) is 0 Å². The summed E-state index contributed by atoms with van der Waals surface area (Å²) in [6, 6.07) is 11.2. The van der Waals surface area contributed by atoms with Crippen molar-refractivity contribution >= 4 is 34.4 Å². The highest BCUT2D eigenvalue weighted by Gasteiger charge is 2.16. The number of nitro groups is 1. The zero-order chi connectivity index (χ0) is 19.3. The van der Waals surface area contributed by atoms with Crippen LogP contribution in [0.2, 0.25) is 0 Å². The second-order valence-electron chi connectivity index (χ2n) is 6.39. The van der Waals surface area contributed by atoms with Crippen molar-refractivity contribution in [2.24, 2.45) is 5.92 Å². The minimum Gasteiger partial charge on any atom is -0.350 e. The molecule has 0 saturated carbocycles. The van der Waals surface area contributed by atoms with Crippen molar-refractivity contribution in [3.05, 3.63) is 58.1 Å². The predicted molar refractivity (Wildman–Crippen MR) is 101 cm³/mol. The fourth-order valence-corrected chi connectivity index (χ4v) is 2.38. The van der Waals surface area contributed by atoms with Gasteiger partial charge in [-0.1, -0.05) is 13.8 Å². The molecule has 2 N–H and O–H groups in total. The van der Waals surface area contributed by atoms with E-state index in [0.717, 1.165) is 0 Å². The molecule has 0 atom stereocenters. The van der Waals surface area contributed by atoms with Gasteiger partial charge in [-0.15, -0.1) is 0 Å². The van der Waals surface area contributed by atoms with Crippen molar-refractivity contribution in [3.63, 3.8) is 0 Å². The molecule has 0 aliphatic rings. The lowest BCUT2D eigenvalue weighted by Gasteiger charge is -2.10. The lowest BCUT2D eigenvalue weighted by molar-refractivity contribution is -0.383. The van der Waals surface area contributed by atoms with E-state index < -0.39 is 4.92 Å². The minimum atomic E-state index is -0.532. The Morgan fingerprint density at radius 3 is 2.23 bits per heavy atom. The van der Waals surface area contributed by atoms with Crippen molar-refractivity contribution in [2.75, 3.05) is 10.6 Å². The molecule has 7 heteroatoms. The molecule has 0 fully saturated rings. The smallest absolute Gasteiger partial charge is 0.293 e. The average molecular weight is 355 g/mol. The van der Waals surface area contributed by atoms with Gasteiger partial charge < -0.3 is 10.6 Å². The fraction of sp³-hybridized carbons (Fsp3) is 0.263. The first-order valence-corrected chi connectivity index (χ1v) is 8.22. The lowest BCUT2D eigenvalue weighted by Crippen LogP contribution is -2.13. The van der Waals surface area contributed by atoms with Crippen molar-refractivity contribution < 1.29 is 14.5 Å². The van der Waals surface area contributed by atoms with Gasteiger partial charge in [0.25, 0.3) is 5.69 Å². The summed E-state index contributed by atoms with van der Waals surface area (Å²) in [6.45, 7) is 5.30.